The quantitative estimate of drug-likeness (QED) is 0.829. The number of imidazole rings is 1. The Morgan fingerprint density at radius 2 is 2.05 bits per heavy atom. The molecule has 0 bridgehead atoms. The normalized spacial score (nSPS) is 24.8. The lowest BCUT2D eigenvalue weighted by molar-refractivity contribution is 0.0921. The Morgan fingerprint density at radius 3 is 2.79 bits per heavy atom. The van der Waals surface area contributed by atoms with Gasteiger partial charge in [-0.2, -0.15) is 0 Å². The molecule has 0 saturated carbocycles. The maximum absolute atomic E-state index is 12.5. The van der Waals surface area contributed by atoms with Crippen LogP contribution >= 0.6 is 0 Å². The molecule has 3 heterocycles. The molecule has 2 unspecified atom stereocenters. The van der Waals surface area contributed by atoms with E-state index in [1.807, 2.05) is 11.2 Å². The Labute approximate surface area is 112 Å². The molecule has 102 valence electrons. The van der Waals surface area contributed by atoms with E-state index in [0.717, 1.165) is 31.8 Å². The molecule has 3 rings (SSSR count). The monoisotopic (exact) mass is 261 g/mol. The molecular weight excluding hydrogens is 242 g/mol. The van der Waals surface area contributed by atoms with E-state index < -0.39 is 0 Å². The number of rotatable bonds is 4. The summed E-state index contributed by atoms with van der Waals surface area (Å²) < 4.78 is 1.63. The molecule has 0 N–H and O–H groups in total. The van der Waals surface area contributed by atoms with E-state index >= 15 is 0 Å². The second-order valence-corrected chi connectivity index (χ2v) is 4.99. The zero-order valence-electron chi connectivity index (χ0n) is 11.4. The summed E-state index contributed by atoms with van der Waals surface area (Å²) in [5.74, 6) is 0.761. The van der Waals surface area contributed by atoms with Gasteiger partial charge < -0.3 is 9.80 Å². The number of nitrogens with zero attached hydrogens (tertiary/aromatic N) is 5. The topological polar surface area (TPSA) is 53.7 Å². The van der Waals surface area contributed by atoms with Crippen molar-refractivity contribution in [3.8, 4) is 0 Å². The average Bonchev–Trinajstić information content (AvgIpc) is 3.01. The summed E-state index contributed by atoms with van der Waals surface area (Å²) in [6.45, 7) is 5.89. The van der Waals surface area contributed by atoms with Crippen molar-refractivity contribution in [1.29, 1.82) is 0 Å². The van der Waals surface area contributed by atoms with Gasteiger partial charge in [0.25, 0.3) is 0 Å². The first-order chi connectivity index (χ1) is 9.27. The van der Waals surface area contributed by atoms with Crippen molar-refractivity contribution in [3.63, 3.8) is 0 Å². The van der Waals surface area contributed by atoms with Gasteiger partial charge in [0, 0.05) is 25.5 Å². The van der Waals surface area contributed by atoms with E-state index in [0.29, 0.717) is 0 Å². The highest BCUT2D eigenvalue weighted by Crippen LogP contribution is 2.34. The minimum atomic E-state index is -0.0502. The Balaban J connectivity index is 2.00. The van der Waals surface area contributed by atoms with Gasteiger partial charge in [-0.25, -0.2) is 9.78 Å². The lowest BCUT2D eigenvalue weighted by Gasteiger charge is -2.40. The highest BCUT2D eigenvalue weighted by Gasteiger charge is 2.45. The first-order valence-electron chi connectivity index (χ1n) is 6.91. The van der Waals surface area contributed by atoms with Crippen LogP contribution in [-0.2, 0) is 0 Å². The minimum Gasteiger partial charge on any atom is -0.340 e. The van der Waals surface area contributed by atoms with Crippen LogP contribution in [0.15, 0.2) is 17.4 Å². The van der Waals surface area contributed by atoms with E-state index in [-0.39, 0.29) is 18.2 Å². The van der Waals surface area contributed by atoms with Crippen molar-refractivity contribution in [1.82, 2.24) is 19.4 Å². The molecule has 2 atom stereocenters. The van der Waals surface area contributed by atoms with Gasteiger partial charge in [0.15, 0.2) is 0 Å². The summed E-state index contributed by atoms with van der Waals surface area (Å²) in [4.78, 5) is 25.5. The van der Waals surface area contributed by atoms with Gasteiger partial charge in [-0.3, -0.25) is 9.56 Å². The molecule has 1 aromatic heterocycles. The number of hydrogen-bond donors (Lipinski definition) is 0. The summed E-state index contributed by atoms with van der Waals surface area (Å²) in [6, 6.07) is -0.0343. The predicted molar refractivity (Wildman–Crippen MR) is 72.0 cm³/mol. The summed E-state index contributed by atoms with van der Waals surface area (Å²) in [7, 11) is 0. The maximum Gasteiger partial charge on any atom is 0.331 e. The van der Waals surface area contributed by atoms with Crippen LogP contribution in [0.4, 0.5) is 4.79 Å². The van der Waals surface area contributed by atoms with Gasteiger partial charge in [0.1, 0.15) is 18.0 Å². The number of hydrogen-bond acceptors (Lipinski definition) is 4. The van der Waals surface area contributed by atoms with Crippen molar-refractivity contribution in [2.75, 3.05) is 13.1 Å². The maximum atomic E-state index is 12.5. The van der Waals surface area contributed by atoms with E-state index in [1.165, 1.54) is 0 Å². The number of aromatic nitrogens is 2. The first-order valence-corrected chi connectivity index (χ1v) is 6.91. The molecule has 19 heavy (non-hydrogen) atoms. The van der Waals surface area contributed by atoms with Crippen LogP contribution in [0, 0.1) is 0 Å². The van der Waals surface area contributed by atoms with Crippen molar-refractivity contribution >= 4 is 12.4 Å². The third-order valence-electron chi connectivity index (χ3n) is 3.65. The standard InChI is InChI=1S/C13H19N5O/c1-3-6-16-9-15-10-11-14-5-8-17(11)13(19)18(7-4-2)12(10)16/h5,8-10,12H,3-4,6-7H2,1-2H3. The fourth-order valence-corrected chi connectivity index (χ4v) is 2.90. The van der Waals surface area contributed by atoms with Gasteiger partial charge in [-0.05, 0) is 12.8 Å². The molecule has 2 aliphatic rings. The van der Waals surface area contributed by atoms with Crippen molar-refractivity contribution in [3.05, 3.63) is 18.2 Å². The van der Waals surface area contributed by atoms with Crippen LogP contribution in [-0.4, -0.2) is 51.0 Å². The molecule has 0 fully saturated rings. The smallest absolute Gasteiger partial charge is 0.331 e. The van der Waals surface area contributed by atoms with Crippen LogP contribution in [0.3, 0.4) is 0 Å². The van der Waals surface area contributed by atoms with Gasteiger partial charge in [0.05, 0.1) is 6.34 Å². The second-order valence-electron chi connectivity index (χ2n) is 4.99. The average molecular weight is 261 g/mol. The molecule has 2 aliphatic heterocycles. The Kier molecular flexibility index (Phi) is 3.00. The molecule has 0 aliphatic carbocycles. The Bertz CT molecular complexity index is 509. The summed E-state index contributed by atoms with van der Waals surface area (Å²) in [5, 5.41) is 0. The predicted octanol–water partition coefficient (Wildman–Crippen LogP) is 1.70. The van der Waals surface area contributed by atoms with E-state index in [1.54, 1.807) is 17.0 Å². The molecule has 6 nitrogen and oxygen atoms in total. The molecule has 0 saturated heterocycles. The minimum absolute atomic E-state index is 0.00213. The highest BCUT2D eigenvalue weighted by atomic mass is 16.2. The largest absolute Gasteiger partial charge is 0.340 e. The number of fused-ring (bicyclic) bond motifs is 3. The van der Waals surface area contributed by atoms with Crippen LogP contribution in [0.1, 0.15) is 38.6 Å². The zero-order valence-corrected chi connectivity index (χ0v) is 11.4. The van der Waals surface area contributed by atoms with Crippen LogP contribution in [0.25, 0.3) is 0 Å². The lowest BCUT2D eigenvalue weighted by Crippen LogP contribution is -2.55. The van der Waals surface area contributed by atoms with Crippen molar-refractivity contribution in [2.24, 2.45) is 4.99 Å². The van der Waals surface area contributed by atoms with Gasteiger partial charge in [-0.1, -0.05) is 13.8 Å². The van der Waals surface area contributed by atoms with Crippen molar-refractivity contribution < 1.29 is 4.79 Å². The fourth-order valence-electron chi connectivity index (χ4n) is 2.90. The highest BCUT2D eigenvalue weighted by molar-refractivity contribution is 5.80. The number of carbonyl (C=O) groups excluding carboxylic acids is 1. The first kappa shape index (κ1) is 12.2. The van der Waals surface area contributed by atoms with E-state index in [2.05, 4.69) is 28.7 Å². The number of amides is 1. The Hall–Kier alpha value is -1.85. The van der Waals surface area contributed by atoms with Crippen molar-refractivity contribution in [2.45, 2.75) is 38.9 Å². The van der Waals surface area contributed by atoms with Crippen LogP contribution < -0.4 is 0 Å². The fraction of sp³-hybridized carbons (Fsp3) is 0.615. The molecule has 0 radical (unpaired) electrons. The van der Waals surface area contributed by atoms with Gasteiger partial charge >= 0.3 is 6.03 Å². The molecule has 0 spiro atoms. The van der Waals surface area contributed by atoms with E-state index in [9.17, 15) is 4.79 Å². The third kappa shape index (κ3) is 1.74. The van der Waals surface area contributed by atoms with Crippen LogP contribution in [0.2, 0.25) is 0 Å². The molecule has 0 aromatic carbocycles. The summed E-state index contributed by atoms with van der Waals surface area (Å²) in [6.07, 6.45) is 7.27. The number of carbonyl (C=O) groups is 1. The third-order valence-corrected chi connectivity index (χ3v) is 3.65. The molecular formula is C13H19N5O. The van der Waals surface area contributed by atoms with Crippen LogP contribution in [0.5, 0.6) is 0 Å². The number of aliphatic imine (C=N–C) groups is 1. The summed E-state index contributed by atoms with van der Waals surface area (Å²) >= 11 is 0. The summed E-state index contributed by atoms with van der Waals surface area (Å²) in [5.41, 5.74) is 0. The van der Waals surface area contributed by atoms with Gasteiger partial charge in [-0.15, -0.1) is 0 Å². The second kappa shape index (κ2) is 4.68. The molecule has 6 heteroatoms. The molecule has 1 amide bonds. The van der Waals surface area contributed by atoms with Gasteiger partial charge in [0.2, 0.25) is 0 Å². The Morgan fingerprint density at radius 1 is 1.26 bits per heavy atom. The molecule has 1 aromatic rings. The zero-order chi connectivity index (χ0) is 13.4. The SMILES string of the molecule is CCCN1C=NC2c3nccn3C(=O)N(CCC)C21. The lowest BCUT2D eigenvalue weighted by atomic mass is 10.1. The van der Waals surface area contributed by atoms with E-state index in [4.69, 9.17) is 0 Å².